The van der Waals surface area contributed by atoms with Gasteiger partial charge >= 0.3 is 5.97 Å². The second-order valence-corrected chi connectivity index (χ2v) is 12.0. The number of carbonyl (C=O) groups is 3. The minimum Gasteiger partial charge on any atom is -0.469 e. The van der Waals surface area contributed by atoms with Gasteiger partial charge in [-0.2, -0.15) is 0 Å². The lowest BCUT2D eigenvalue weighted by Crippen LogP contribution is -2.47. The van der Waals surface area contributed by atoms with Crippen LogP contribution in [-0.2, 0) is 9.53 Å². The van der Waals surface area contributed by atoms with Gasteiger partial charge in [0.05, 0.1) is 30.0 Å². The standard InChI is InChI=1S/C33H38FN5O5/c1-20-6-3-4-9-28(20)38-12-14-39(15-13-38)29-18-25(34)24(30(40)35-23-8-5-7-22(16-23)33(42)43-2)17-26(29)36-31(41)27-19-44-32(37-27)21-10-11-21/h3-4,6,9,17-19,21-23H,5,7-8,10-16H2,1-2H3,(H,35,40)(H,36,41). The SMILES string of the molecule is COC(=O)C1CCCC(NC(=O)c2cc(NC(=O)c3coc(C4CC4)n3)c(N3CCN(c4ccccc4C)CC3)cc2F)C1. The highest BCUT2D eigenvalue weighted by Crippen LogP contribution is 2.39. The molecule has 10 nitrogen and oxygen atoms in total. The number of methoxy groups -OCH3 is 1. The Kier molecular flexibility index (Phi) is 8.54. The highest BCUT2D eigenvalue weighted by molar-refractivity contribution is 6.06. The number of carbonyl (C=O) groups excluding carboxylic acids is 3. The Balaban J connectivity index is 1.23. The molecule has 3 aliphatic rings. The van der Waals surface area contributed by atoms with E-state index in [0.717, 1.165) is 24.9 Å². The highest BCUT2D eigenvalue weighted by Gasteiger charge is 2.32. The first-order valence-electron chi connectivity index (χ1n) is 15.3. The van der Waals surface area contributed by atoms with Gasteiger partial charge in [-0.25, -0.2) is 9.37 Å². The van der Waals surface area contributed by atoms with E-state index in [0.29, 0.717) is 62.7 Å². The fourth-order valence-electron chi connectivity index (χ4n) is 6.27. The Labute approximate surface area is 255 Å². The summed E-state index contributed by atoms with van der Waals surface area (Å²) in [5, 5.41) is 5.78. The van der Waals surface area contributed by atoms with Gasteiger partial charge in [0, 0.05) is 49.9 Å². The number of hydrogen-bond acceptors (Lipinski definition) is 8. The van der Waals surface area contributed by atoms with Crippen LogP contribution in [0.5, 0.6) is 0 Å². The number of amides is 2. The first-order chi connectivity index (χ1) is 21.3. The number of nitrogens with one attached hydrogen (secondary N) is 2. The number of rotatable bonds is 8. The van der Waals surface area contributed by atoms with Gasteiger partial charge in [-0.15, -0.1) is 0 Å². The summed E-state index contributed by atoms with van der Waals surface area (Å²) in [6.07, 6.45) is 5.87. The zero-order chi connectivity index (χ0) is 30.8. The van der Waals surface area contributed by atoms with E-state index in [1.54, 1.807) is 0 Å². The zero-order valence-electron chi connectivity index (χ0n) is 25.1. The molecule has 0 spiro atoms. The second-order valence-electron chi connectivity index (χ2n) is 12.0. The highest BCUT2D eigenvalue weighted by atomic mass is 19.1. The van der Waals surface area contributed by atoms with E-state index >= 15 is 4.39 Å². The first kappa shape index (κ1) is 29.7. The third-order valence-electron chi connectivity index (χ3n) is 8.88. The maximum Gasteiger partial charge on any atom is 0.308 e. The lowest BCUT2D eigenvalue weighted by Gasteiger charge is -2.38. The normalized spacial score (nSPS) is 20.2. The Bertz CT molecular complexity index is 1550. The molecule has 11 heteroatoms. The number of ether oxygens (including phenoxy) is 1. The first-order valence-corrected chi connectivity index (χ1v) is 15.3. The summed E-state index contributed by atoms with van der Waals surface area (Å²) < 4.78 is 26.1. The molecule has 2 atom stereocenters. The second kappa shape index (κ2) is 12.7. The third-order valence-corrected chi connectivity index (χ3v) is 8.88. The average Bonchev–Trinajstić information content (AvgIpc) is 3.77. The van der Waals surface area contributed by atoms with Gasteiger partial charge in [-0.05, 0) is 56.7 Å². The maximum absolute atomic E-state index is 15.7. The molecular weight excluding hydrogens is 565 g/mol. The molecule has 232 valence electrons. The summed E-state index contributed by atoms with van der Waals surface area (Å²) in [5.41, 5.74) is 3.11. The van der Waals surface area contributed by atoms with Crippen molar-refractivity contribution >= 4 is 34.8 Å². The molecule has 44 heavy (non-hydrogen) atoms. The van der Waals surface area contributed by atoms with Gasteiger partial charge in [0.25, 0.3) is 11.8 Å². The Hall–Kier alpha value is -4.41. The fourth-order valence-corrected chi connectivity index (χ4v) is 6.27. The van der Waals surface area contributed by atoms with E-state index in [4.69, 9.17) is 9.15 Å². The van der Waals surface area contributed by atoms with Gasteiger partial charge in [0.1, 0.15) is 12.1 Å². The maximum atomic E-state index is 15.7. The third kappa shape index (κ3) is 6.41. The van der Waals surface area contributed by atoms with Gasteiger partial charge in [0.2, 0.25) is 0 Å². The van der Waals surface area contributed by atoms with Crippen LogP contribution in [0, 0.1) is 18.7 Å². The van der Waals surface area contributed by atoms with E-state index in [9.17, 15) is 14.4 Å². The number of halogens is 1. The Morgan fingerprint density at radius 2 is 1.70 bits per heavy atom. The topological polar surface area (TPSA) is 117 Å². The minimum atomic E-state index is -0.686. The molecule has 3 aromatic rings. The van der Waals surface area contributed by atoms with Crippen molar-refractivity contribution in [3.05, 3.63) is 71.2 Å². The average molecular weight is 604 g/mol. The number of anilines is 3. The van der Waals surface area contributed by atoms with E-state index in [1.165, 1.54) is 31.1 Å². The van der Waals surface area contributed by atoms with Crippen molar-refractivity contribution in [2.75, 3.05) is 48.4 Å². The Morgan fingerprint density at radius 1 is 0.977 bits per heavy atom. The number of aromatic nitrogens is 1. The summed E-state index contributed by atoms with van der Waals surface area (Å²) in [6.45, 7) is 4.68. The minimum absolute atomic E-state index is 0.133. The summed E-state index contributed by atoms with van der Waals surface area (Å²) >= 11 is 0. The fraction of sp³-hybridized carbons (Fsp3) is 0.455. The summed E-state index contributed by atoms with van der Waals surface area (Å²) in [6, 6.07) is 10.6. The number of piperazine rings is 1. The molecule has 0 radical (unpaired) electrons. The molecule has 2 N–H and O–H groups in total. The summed E-state index contributed by atoms with van der Waals surface area (Å²) in [7, 11) is 1.35. The number of aryl methyl sites for hydroxylation is 1. The number of esters is 1. The predicted molar refractivity (Wildman–Crippen MR) is 164 cm³/mol. The van der Waals surface area contributed by atoms with Crippen LogP contribution in [0.2, 0.25) is 0 Å². The number of oxazole rings is 1. The van der Waals surface area contributed by atoms with Crippen LogP contribution in [0.15, 0.2) is 47.1 Å². The van der Waals surface area contributed by atoms with Crippen LogP contribution < -0.4 is 20.4 Å². The molecule has 2 aromatic carbocycles. The summed E-state index contributed by atoms with van der Waals surface area (Å²) in [4.78, 5) is 47.4. The van der Waals surface area contributed by atoms with Crippen molar-refractivity contribution in [1.29, 1.82) is 0 Å². The lowest BCUT2D eigenvalue weighted by atomic mass is 9.85. The molecule has 1 saturated heterocycles. The molecule has 1 aromatic heterocycles. The van der Waals surface area contributed by atoms with Crippen LogP contribution in [0.3, 0.4) is 0 Å². The van der Waals surface area contributed by atoms with Crippen molar-refractivity contribution in [3.63, 3.8) is 0 Å². The van der Waals surface area contributed by atoms with Crippen LogP contribution >= 0.6 is 0 Å². The molecule has 3 fully saturated rings. The molecule has 6 rings (SSSR count). The predicted octanol–water partition coefficient (Wildman–Crippen LogP) is 5.04. The van der Waals surface area contributed by atoms with E-state index in [2.05, 4.69) is 39.6 Å². The number of para-hydroxylation sites is 1. The summed E-state index contributed by atoms with van der Waals surface area (Å²) in [5.74, 6) is -1.59. The number of benzene rings is 2. The lowest BCUT2D eigenvalue weighted by molar-refractivity contribution is -0.146. The van der Waals surface area contributed by atoms with Crippen molar-refractivity contribution in [1.82, 2.24) is 10.3 Å². The van der Waals surface area contributed by atoms with Gasteiger partial charge in [-0.3, -0.25) is 14.4 Å². The van der Waals surface area contributed by atoms with Crippen LogP contribution in [0.1, 0.15) is 76.7 Å². The van der Waals surface area contributed by atoms with Crippen molar-refractivity contribution in [2.45, 2.75) is 57.4 Å². The molecule has 0 bridgehead atoms. The van der Waals surface area contributed by atoms with Gasteiger partial charge in [-0.1, -0.05) is 24.6 Å². The molecule has 2 aliphatic carbocycles. The number of nitrogens with zero attached hydrogens (tertiary/aromatic N) is 3. The van der Waals surface area contributed by atoms with E-state index < -0.39 is 17.6 Å². The molecule has 2 amide bonds. The molecule has 2 unspecified atom stereocenters. The molecule has 2 saturated carbocycles. The largest absolute Gasteiger partial charge is 0.469 e. The smallest absolute Gasteiger partial charge is 0.308 e. The molecular formula is C33H38FN5O5. The molecule has 2 heterocycles. The van der Waals surface area contributed by atoms with Crippen molar-refractivity contribution in [3.8, 4) is 0 Å². The van der Waals surface area contributed by atoms with Crippen molar-refractivity contribution in [2.24, 2.45) is 5.92 Å². The van der Waals surface area contributed by atoms with Gasteiger partial charge < -0.3 is 29.6 Å². The van der Waals surface area contributed by atoms with Crippen molar-refractivity contribution < 1.29 is 27.9 Å². The number of hydrogen-bond donors (Lipinski definition) is 2. The quantitative estimate of drug-likeness (QED) is 0.344. The van der Waals surface area contributed by atoms with Crippen LogP contribution in [-0.4, -0.2) is 62.1 Å². The van der Waals surface area contributed by atoms with Crippen LogP contribution in [0.25, 0.3) is 0 Å². The van der Waals surface area contributed by atoms with E-state index in [-0.39, 0.29) is 35.1 Å². The van der Waals surface area contributed by atoms with Gasteiger partial charge in [0.15, 0.2) is 11.6 Å². The zero-order valence-corrected chi connectivity index (χ0v) is 25.1. The Morgan fingerprint density at radius 3 is 2.41 bits per heavy atom. The van der Waals surface area contributed by atoms with E-state index in [1.807, 2.05) is 17.0 Å². The van der Waals surface area contributed by atoms with Crippen LogP contribution in [0.4, 0.5) is 21.5 Å². The molecule has 1 aliphatic heterocycles. The monoisotopic (exact) mass is 603 g/mol.